The Balaban J connectivity index is 2.14. The molecule has 3 rings (SSSR count). The molecule has 0 unspecified atom stereocenters. The van der Waals surface area contributed by atoms with Gasteiger partial charge in [-0.3, -0.25) is 4.79 Å². The average molecular weight is 248 g/mol. The van der Waals surface area contributed by atoms with E-state index < -0.39 is 6.10 Å². The van der Waals surface area contributed by atoms with E-state index in [1.165, 1.54) is 0 Å². The third kappa shape index (κ3) is 1.50. The number of furan rings is 1. The summed E-state index contributed by atoms with van der Waals surface area (Å²) in [5, 5.41) is 10.2. The summed E-state index contributed by atoms with van der Waals surface area (Å²) in [5.74, 6) is 2.28. The molecule has 3 nitrogen and oxygen atoms in total. The lowest BCUT2D eigenvalue weighted by molar-refractivity contribution is 0.0591. The Morgan fingerprint density at radius 2 is 2.17 bits per heavy atom. The van der Waals surface area contributed by atoms with Crippen LogP contribution in [0.2, 0.25) is 0 Å². The van der Waals surface area contributed by atoms with Crippen LogP contribution in [0.3, 0.4) is 0 Å². The van der Waals surface area contributed by atoms with Gasteiger partial charge in [0.15, 0.2) is 5.78 Å². The van der Waals surface area contributed by atoms with E-state index in [1.807, 2.05) is 0 Å². The van der Waals surface area contributed by atoms with Gasteiger partial charge >= 0.3 is 0 Å². The number of rotatable bonds is 1. The van der Waals surface area contributed by atoms with Crippen LogP contribution in [0, 0.1) is 17.8 Å². The van der Waals surface area contributed by atoms with Crippen LogP contribution in [0.5, 0.6) is 0 Å². The number of carbonyl (C=O) groups is 1. The molecule has 0 fully saturated rings. The average Bonchev–Trinajstić information content (AvgIpc) is 2.75. The molecule has 1 aromatic heterocycles. The first kappa shape index (κ1) is 12.0. The van der Waals surface area contributed by atoms with Gasteiger partial charge in [-0.25, -0.2) is 0 Å². The molecule has 98 valence electrons. The SMILES string of the molecule is CC(C)[C@H]1CC(=O)c2coc3c2[C@@H]1C[C@@H](C)[C@H]3O. The molecule has 0 spiro atoms. The zero-order valence-corrected chi connectivity index (χ0v) is 11.1. The lowest BCUT2D eigenvalue weighted by Gasteiger charge is -2.39. The lowest BCUT2D eigenvalue weighted by Crippen LogP contribution is -2.33. The van der Waals surface area contributed by atoms with Gasteiger partial charge in [-0.05, 0) is 30.1 Å². The quantitative estimate of drug-likeness (QED) is 0.829. The number of ketones is 1. The lowest BCUT2D eigenvalue weighted by atomic mass is 9.64. The predicted molar refractivity (Wildman–Crippen MR) is 67.5 cm³/mol. The fourth-order valence-electron chi connectivity index (χ4n) is 3.67. The first-order chi connectivity index (χ1) is 8.50. The van der Waals surface area contributed by atoms with Crippen molar-refractivity contribution in [1.82, 2.24) is 0 Å². The van der Waals surface area contributed by atoms with Crippen LogP contribution in [0.1, 0.15) is 67.3 Å². The summed E-state index contributed by atoms with van der Waals surface area (Å²) >= 11 is 0. The Morgan fingerprint density at radius 3 is 2.83 bits per heavy atom. The highest BCUT2D eigenvalue weighted by Gasteiger charge is 2.45. The molecular formula is C15H20O3. The number of hydrogen-bond donors (Lipinski definition) is 1. The maximum Gasteiger partial charge on any atom is 0.166 e. The molecular weight excluding hydrogens is 228 g/mol. The van der Waals surface area contributed by atoms with Gasteiger partial charge in [-0.2, -0.15) is 0 Å². The molecule has 0 bridgehead atoms. The van der Waals surface area contributed by atoms with Gasteiger partial charge in [0.05, 0.1) is 5.56 Å². The van der Waals surface area contributed by atoms with E-state index in [0.717, 1.165) is 17.5 Å². The van der Waals surface area contributed by atoms with Crippen molar-refractivity contribution in [2.75, 3.05) is 0 Å². The Morgan fingerprint density at radius 1 is 1.44 bits per heavy atom. The minimum atomic E-state index is -0.552. The molecule has 0 aliphatic heterocycles. The van der Waals surface area contributed by atoms with Crippen molar-refractivity contribution >= 4 is 5.78 Å². The predicted octanol–water partition coefficient (Wildman–Crippen LogP) is 3.30. The second-order valence-electron chi connectivity index (χ2n) is 6.23. The number of aliphatic hydroxyl groups is 1. The second-order valence-corrected chi connectivity index (χ2v) is 6.23. The highest BCUT2D eigenvalue weighted by atomic mass is 16.4. The van der Waals surface area contributed by atoms with Crippen molar-refractivity contribution in [1.29, 1.82) is 0 Å². The van der Waals surface area contributed by atoms with E-state index in [2.05, 4.69) is 20.8 Å². The van der Waals surface area contributed by atoms with Gasteiger partial charge in [-0.15, -0.1) is 0 Å². The van der Waals surface area contributed by atoms with Crippen molar-refractivity contribution in [3.05, 3.63) is 23.2 Å². The van der Waals surface area contributed by atoms with E-state index in [-0.39, 0.29) is 11.7 Å². The van der Waals surface area contributed by atoms with Crippen LogP contribution in [0.4, 0.5) is 0 Å². The third-order valence-electron chi connectivity index (χ3n) is 4.76. The summed E-state index contributed by atoms with van der Waals surface area (Å²) in [6, 6.07) is 0. The summed E-state index contributed by atoms with van der Waals surface area (Å²) in [7, 11) is 0. The number of aliphatic hydroxyl groups excluding tert-OH is 1. The van der Waals surface area contributed by atoms with Crippen LogP contribution in [-0.4, -0.2) is 10.9 Å². The molecule has 4 atom stereocenters. The molecule has 18 heavy (non-hydrogen) atoms. The second kappa shape index (κ2) is 3.95. The Hall–Kier alpha value is -1.09. The highest BCUT2D eigenvalue weighted by Crippen LogP contribution is 2.52. The minimum Gasteiger partial charge on any atom is -0.465 e. The zero-order chi connectivity index (χ0) is 13.0. The van der Waals surface area contributed by atoms with Crippen molar-refractivity contribution in [2.24, 2.45) is 17.8 Å². The van der Waals surface area contributed by atoms with Crippen LogP contribution >= 0.6 is 0 Å². The van der Waals surface area contributed by atoms with E-state index in [0.29, 0.717) is 29.9 Å². The fourth-order valence-corrected chi connectivity index (χ4v) is 3.67. The molecule has 1 heterocycles. The van der Waals surface area contributed by atoms with Crippen LogP contribution in [0.25, 0.3) is 0 Å². The van der Waals surface area contributed by atoms with Gasteiger partial charge in [0.2, 0.25) is 0 Å². The van der Waals surface area contributed by atoms with Gasteiger partial charge < -0.3 is 9.52 Å². The van der Waals surface area contributed by atoms with Crippen LogP contribution in [-0.2, 0) is 0 Å². The highest BCUT2D eigenvalue weighted by molar-refractivity contribution is 5.99. The molecule has 0 saturated carbocycles. The first-order valence-corrected chi connectivity index (χ1v) is 6.83. The summed E-state index contributed by atoms with van der Waals surface area (Å²) < 4.78 is 5.50. The summed E-state index contributed by atoms with van der Waals surface area (Å²) in [6.45, 7) is 6.42. The Bertz CT molecular complexity index is 486. The first-order valence-electron chi connectivity index (χ1n) is 6.83. The smallest absolute Gasteiger partial charge is 0.166 e. The molecule has 0 amide bonds. The topological polar surface area (TPSA) is 50.4 Å². The molecule has 0 aromatic carbocycles. The maximum absolute atomic E-state index is 12.1. The number of hydrogen-bond acceptors (Lipinski definition) is 3. The van der Waals surface area contributed by atoms with Crippen molar-refractivity contribution in [3.63, 3.8) is 0 Å². The molecule has 2 aliphatic carbocycles. The Kier molecular flexibility index (Phi) is 2.63. The van der Waals surface area contributed by atoms with E-state index in [1.54, 1.807) is 6.26 Å². The van der Waals surface area contributed by atoms with E-state index in [9.17, 15) is 9.90 Å². The molecule has 1 N–H and O–H groups in total. The van der Waals surface area contributed by atoms with Gasteiger partial charge in [-0.1, -0.05) is 20.8 Å². The molecule has 0 saturated heterocycles. The normalized spacial score (nSPS) is 34.8. The molecule has 2 aliphatic rings. The van der Waals surface area contributed by atoms with Gasteiger partial charge in [0.25, 0.3) is 0 Å². The monoisotopic (exact) mass is 248 g/mol. The largest absolute Gasteiger partial charge is 0.465 e. The minimum absolute atomic E-state index is 0.178. The van der Waals surface area contributed by atoms with Crippen molar-refractivity contribution < 1.29 is 14.3 Å². The van der Waals surface area contributed by atoms with E-state index in [4.69, 9.17) is 4.42 Å². The third-order valence-corrected chi connectivity index (χ3v) is 4.76. The molecule has 0 radical (unpaired) electrons. The molecule has 3 heteroatoms. The zero-order valence-electron chi connectivity index (χ0n) is 11.1. The maximum atomic E-state index is 12.1. The fraction of sp³-hybridized carbons (Fsp3) is 0.667. The van der Waals surface area contributed by atoms with Crippen molar-refractivity contribution in [3.8, 4) is 0 Å². The number of Topliss-reactive ketones (excluding diaryl/α,β-unsaturated/α-hetero) is 1. The Labute approximate surface area is 107 Å². The summed E-state index contributed by atoms with van der Waals surface area (Å²) in [5.41, 5.74) is 1.73. The van der Waals surface area contributed by atoms with Crippen LogP contribution < -0.4 is 0 Å². The summed E-state index contributed by atoms with van der Waals surface area (Å²) in [6.07, 6.45) is 2.58. The van der Waals surface area contributed by atoms with E-state index >= 15 is 0 Å². The van der Waals surface area contributed by atoms with Crippen LogP contribution in [0.15, 0.2) is 10.7 Å². The van der Waals surface area contributed by atoms with Gasteiger partial charge in [0, 0.05) is 12.0 Å². The van der Waals surface area contributed by atoms with Gasteiger partial charge in [0.1, 0.15) is 18.1 Å². The number of carbonyl (C=O) groups excluding carboxylic acids is 1. The molecule has 1 aromatic rings. The summed E-state index contributed by atoms with van der Waals surface area (Å²) in [4.78, 5) is 12.1. The standard InChI is InChI=1S/C15H20O3/c1-7(2)9-5-12(16)11-6-18-15-13(11)10(9)4-8(3)14(15)17/h6-10,14,17H,4-5H2,1-3H3/t8-,9-,10-,14-/m1/s1. The van der Waals surface area contributed by atoms with Crippen molar-refractivity contribution in [2.45, 2.75) is 45.6 Å².